The van der Waals surface area contributed by atoms with Crippen LogP contribution < -0.4 is 5.73 Å². The van der Waals surface area contributed by atoms with Gasteiger partial charge in [-0.2, -0.15) is 0 Å². The average molecular weight is 212 g/mol. The third-order valence-electron chi connectivity index (χ3n) is 3.16. The summed E-state index contributed by atoms with van der Waals surface area (Å²) in [6.45, 7) is 7.29. The molecule has 0 aromatic heterocycles. The normalized spacial score (nSPS) is 23.5. The fourth-order valence-corrected chi connectivity index (χ4v) is 2.30. The molecular weight excluding hydrogens is 188 g/mol. The van der Waals surface area contributed by atoms with Crippen LogP contribution in [0.2, 0.25) is 0 Å². The van der Waals surface area contributed by atoms with Crippen molar-refractivity contribution in [3.63, 3.8) is 0 Å². The number of rotatable bonds is 4. The van der Waals surface area contributed by atoms with Crippen molar-refractivity contribution in [1.29, 1.82) is 0 Å². The molecule has 2 N–H and O–H groups in total. The summed E-state index contributed by atoms with van der Waals surface area (Å²) in [5, 5.41) is 0. The fourth-order valence-electron chi connectivity index (χ4n) is 2.30. The van der Waals surface area contributed by atoms with Crippen LogP contribution in [0.15, 0.2) is 0 Å². The summed E-state index contributed by atoms with van der Waals surface area (Å²) < 4.78 is 0. The molecule has 0 aliphatic carbocycles. The molecule has 1 heterocycles. The highest BCUT2D eigenvalue weighted by atomic mass is 16.2. The van der Waals surface area contributed by atoms with Crippen molar-refractivity contribution in [1.82, 2.24) is 4.90 Å². The summed E-state index contributed by atoms with van der Waals surface area (Å²) in [6, 6.07) is 0.146. The van der Waals surface area contributed by atoms with Gasteiger partial charge in [-0.25, -0.2) is 0 Å². The lowest BCUT2D eigenvalue weighted by Gasteiger charge is -2.28. The molecule has 0 bridgehead atoms. The summed E-state index contributed by atoms with van der Waals surface area (Å²) in [4.78, 5) is 14.0. The molecule has 0 aromatic rings. The Balaban J connectivity index is 2.55. The lowest BCUT2D eigenvalue weighted by Crippen LogP contribution is -2.46. The topological polar surface area (TPSA) is 46.3 Å². The van der Waals surface area contributed by atoms with Crippen molar-refractivity contribution in [3.8, 4) is 0 Å². The lowest BCUT2D eigenvalue weighted by atomic mass is 10.0. The summed E-state index contributed by atoms with van der Waals surface area (Å²) >= 11 is 0. The van der Waals surface area contributed by atoms with Crippen molar-refractivity contribution >= 4 is 5.91 Å². The smallest absolute Gasteiger partial charge is 0.239 e. The van der Waals surface area contributed by atoms with E-state index < -0.39 is 0 Å². The number of nitrogens with two attached hydrogens (primary N) is 1. The predicted octanol–water partition coefficient (Wildman–Crippen LogP) is 1.76. The summed E-state index contributed by atoms with van der Waals surface area (Å²) in [6.07, 6.45) is 4.14. The number of nitrogens with zero attached hydrogens (tertiary/aromatic N) is 1. The number of hydrogen-bond donors (Lipinski definition) is 1. The van der Waals surface area contributed by atoms with Crippen LogP contribution >= 0.6 is 0 Å². The van der Waals surface area contributed by atoms with E-state index >= 15 is 0 Å². The maximum atomic E-state index is 12.0. The van der Waals surface area contributed by atoms with Gasteiger partial charge >= 0.3 is 0 Å². The molecule has 1 saturated heterocycles. The first-order valence-corrected chi connectivity index (χ1v) is 6.12. The van der Waals surface area contributed by atoms with Gasteiger partial charge in [0, 0.05) is 12.6 Å². The molecule has 0 radical (unpaired) electrons. The van der Waals surface area contributed by atoms with E-state index in [0.717, 1.165) is 32.2 Å². The van der Waals surface area contributed by atoms with Crippen LogP contribution in [-0.4, -0.2) is 29.4 Å². The minimum Gasteiger partial charge on any atom is -0.338 e. The number of amides is 1. The highest BCUT2D eigenvalue weighted by Gasteiger charge is 2.31. The maximum absolute atomic E-state index is 12.0. The van der Waals surface area contributed by atoms with E-state index in [1.165, 1.54) is 0 Å². The number of likely N-dealkylation sites (tertiary alicyclic amines) is 1. The average Bonchev–Trinajstić information content (AvgIpc) is 2.62. The molecule has 2 atom stereocenters. The molecule has 15 heavy (non-hydrogen) atoms. The van der Waals surface area contributed by atoms with Crippen molar-refractivity contribution in [2.24, 2.45) is 11.7 Å². The van der Waals surface area contributed by atoms with Crippen LogP contribution in [0.25, 0.3) is 0 Å². The Morgan fingerprint density at radius 3 is 2.73 bits per heavy atom. The van der Waals surface area contributed by atoms with Gasteiger partial charge in [-0.15, -0.1) is 0 Å². The van der Waals surface area contributed by atoms with E-state index in [4.69, 9.17) is 5.73 Å². The highest BCUT2D eigenvalue weighted by Crippen LogP contribution is 2.24. The Kier molecular flexibility index (Phi) is 4.58. The molecule has 0 aromatic carbocycles. The first kappa shape index (κ1) is 12.5. The molecule has 0 unspecified atom stereocenters. The summed E-state index contributed by atoms with van der Waals surface area (Å²) in [5.74, 6) is 0.807. The van der Waals surface area contributed by atoms with E-state index in [0.29, 0.717) is 12.0 Å². The minimum absolute atomic E-state index is 0.153. The van der Waals surface area contributed by atoms with Gasteiger partial charge in [-0.1, -0.05) is 20.8 Å². The SMILES string of the molecule is CC[C@H](N)C(=O)N1CCC[C@@H]1CC(C)C. The zero-order valence-electron chi connectivity index (χ0n) is 10.2. The van der Waals surface area contributed by atoms with E-state index in [2.05, 4.69) is 13.8 Å². The quantitative estimate of drug-likeness (QED) is 0.772. The van der Waals surface area contributed by atoms with Crippen LogP contribution in [0.5, 0.6) is 0 Å². The van der Waals surface area contributed by atoms with Gasteiger partial charge in [-0.3, -0.25) is 4.79 Å². The second-order valence-corrected chi connectivity index (χ2v) is 4.97. The first-order chi connectivity index (χ1) is 7.06. The van der Waals surface area contributed by atoms with Crippen LogP contribution in [0, 0.1) is 5.92 Å². The van der Waals surface area contributed by atoms with Gasteiger partial charge in [0.2, 0.25) is 5.91 Å². The Bertz CT molecular complexity index is 216. The zero-order chi connectivity index (χ0) is 11.4. The molecule has 3 heteroatoms. The fraction of sp³-hybridized carbons (Fsp3) is 0.917. The van der Waals surface area contributed by atoms with Gasteiger partial charge < -0.3 is 10.6 Å². The van der Waals surface area contributed by atoms with Gasteiger partial charge in [-0.05, 0) is 31.6 Å². The van der Waals surface area contributed by atoms with E-state index in [-0.39, 0.29) is 11.9 Å². The molecule has 88 valence electrons. The van der Waals surface area contributed by atoms with Gasteiger partial charge in [0.1, 0.15) is 0 Å². The molecule has 1 rings (SSSR count). The lowest BCUT2D eigenvalue weighted by molar-refractivity contribution is -0.133. The van der Waals surface area contributed by atoms with Gasteiger partial charge in [0.05, 0.1) is 6.04 Å². The van der Waals surface area contributed by atoms with E-state index in [1.54, 1.807) is 0 Å². The van der Waals surface area contributed by atoms with Gasteiger partial charge in [0.15, 0.2) is 0 Å². The number of carbonyl (C=O) groups excluding carboxylic acids is 1. The van der Waals surface area contributed by atoms with E-state index in [9.17, 15) is 4.79 Å². The summed E-state index contributed by atoms with van der Waals surface area (Å²) in [7, 11) is 0. The molecule has 0 saturated carbocycles. The Hall–Kier alpha value is -0.570. The molecule has 1 fully saturated rings. The molecule has 1 aliphatic rings. The third kappa shape index (κ3) is 3.20. The molecule has 1 amide bonds. The second-order valence-electron chi connectivity index (χ2n) is 4.97. The number of carbonyl (C=O) groups is 1. The number of hydrogen-bond acceptors (Lipinski definition) is 2. The van der Waals surface area contributed by atoms with Gasteiger partial charge in [0.25, 0.3) is 0 Å². The minimum atomic E-state index is -0.294. The largest absolute Gasteiger partial charge is 0.338 e. The Morgan fingerprint density at radius 1 is 1.53 bits per heavy atom. The molecule has 1 aliphatic heterocycles. The predicted molar refractivity (Wildman–Crippen MR) is 62.5 cm³/mol. The van der Waals surface area contributed by atoms with Crippen LogP contribution in [0.4, 0.5) is 0 Å². The van der Waals surface area contributed by atoms with Crippen LogP contribution in [-0.2, 0) is 4.79 Å². The van der Waals surface area contributed by atoms with Crippen molar-refractivity contribution < 1.29 is 4.79 Å². The monoisotopic (exact) mass is 212 g/mol. The van der Waals surface area contributed by atoms with Crippen molar-refractivity contribution in [2.75, 3.05) is 6.54 Å². The second kappa shape index (κ2) is 5.50. The summed E-state index contributed by atoms with van der Waals surface area (Å²) in [5.41, 5.74) is 5.80. The standard InChI is InChI=1S/C12H24N2O/c1-4-11(13)12(15)14-7-5-6-10(14)8-9(2)3/h9-11H,4-8,13H2,1-3H3/t10-,11+/m1/s1. The zero-order valence-corrected chi connectivity index (χ0v) is 10.2. The van der Waals surface area contributed by atoms with E-state index in [1.807, 2.05) is 11.8 Å². The highest BCUT2D eigenvalue weighted by molar-refractivity contribution is 5.82. The van der Waals surface area contributed by atoms with Crippen LogP contribution in [0.3, 0.4) is 0 Å². The molecular formula is C12H24N2O. The third-order valence-corrected chi connectivity index (χ3v) is 3.16. The molecule has 3 nitrogen and oxygen atoms in total. The Morgan fingerprint density at radius 2 is 2.20 bits per heavy atom. The maximum Gasteiger partial charge on any atom is 0.239 e. The van der Waals surface area contributed by atoms with Crippen molar-refractivity contribution in [2.45, 2.75) is 58.5 Å². The first-order valence-electron chi connectivity index (χ1n) is 6.12. The Labute approximate surface area is 93.0 Å². The van der Waals surface area contributed by atoms with Crippen LogP contribution in [0.1, 0.15) is 46.5 Å². The van der Waals surface area contributed by atoms with Crippen molar-refractivity contribution in [3.05, 3.63) is 0 Å². The molecule has 0 spiro atoms.